The molecule has 0 unspecified atom stereocenters. The maximum absolute atomic E-state index is 11.1. The summed E-state index contributed by atoms with van der Waals surface area (Å²) in [4.78, 5) is 13.1. The van der Waals surface area contributed by atoms with E-state index in [0.717, 1.165) is 51.3 Å². The van der Waals surface area contributed by atoms with Crippen LogP contribution in [0, 0.1) is 17.0 Å². The number of morpholine rings is 1. The zero-order chi connectivity index (χ0) is 15.9. The standard InChI is InChI=1S/C15H24N4O3/c1-12-10-15(19(20)21)14(11-13(12)16)17-4-2-3-5-18-6-8-22-9-7-18/h10-11,17H,2-9,16H2,1H3. The molecule has 1 heterocycles. The summed E-state index contributed by atoms with van der Waals surface area (Å²) in [6.45, 7) is 7.13. The number of hydrogen-bond acceptors (Lipinski definition) is 6. The number of nitrogens with one attached hydrogen (secondary N) is 1. The molecule has 0 radical (unpaired) electrons. The number of unbranched alkanes of at least 4 members (excludes halogenated alkanes) is 1. The molecule has 0 amide bonds. The van der Waals surface area contributed by atoms with E-state index >= 15 is 0 Å². The van der Waals surface area contributed by atoms with Crippen LogP contribution in [0.15, 0.2) is 12.1 Å². The number of anilines is 2. The molecule has 122 valence electrons. The van der Waals surface area contributed by atoms with Crippen LogP contribution in [-0.4, -0.2) is 49.2 Å². The second-order valence-electron chi connectivity index (χ2n) is 5.57. The van der Waals surface area contributed by atoms with Crippen molar-refractivity contribution in [3.05, 3.63) is 27.8 Å². The molecule has 1 saturated heterocycles. The van der Waals surface area contributed by atoms with Gasteiger partial charge in [0.25, 0.3) is 5.69 Å². The van der Waals surface area contributed by atoms with E-state index in [-0.39, 0.29) is 10.6 Å². The molecular formula is C15H24N4O3. The molecule has 1 aliphatic rings. The molecule has 2 rings (SSSR count). The van der Waals surface area contributed by atoms with Crippen molar-refractivity contribution in [2.75, 3.05) is 50.4 Å². The fraction of sp³-hybridized carbons (Fsp3) is 0.600. The predicted molar refractivity (Wildman–Crippen MR) is 87.2 cm³/mol. The second-order valence-corrected chi connectivity index (χ2v) is 5.57. The first-order valence-corrected chi connectivity index (χ1v) is 7.66. The number of nitrogens with two attached hydrogens (primary N) is 1. The van der Waals surface area contributed by atoms with Gasteiger partial charge in [0.15, 0.2) is 0 Å². The fourth-order valence-corrected chi connectivity index (χ4v) is 2.51. The van der Waals surface area contributed by atoms with E-state index in [4.69, 9.17) is 10.5 Å². The third-order valence-electron chi connectivity index (χ3n) is 3.90. The summed E-state index contributed by atoms with van der Waals surface area (Å²) >= 11 is 0. The molecular weight excluding hydrogens is 284 g/mol. The van der Waals surface area contributed by atoms with Gasteiger partial charge in [0.05, 0.1) is 18.1 Å². The number of hydrogen-bond donors (Lipinski definition) is 2. The summed E-state index contributed by atoms with van der Waals surface area (Å²) in [5, 5.41) is 14.2. The Labute approximate surface area is 130 Å². The summed E-state index contributed by atoms with van der Waals surface area (Å²) in [5.41, 5.74) is 7.72. The lowest BCUT2D eigenvalue weighted by Gasteiger charge is -2.26. The van der Waals surface area contributed by atoms with Crippen molar-refractivity contribution < 1.29 is 9.66 Å². The Kier molecular flexibility index (Phi) is 5.97. The monoisotopic (exact) mass is 308 g/mol. The topological polar surface area (TPSA) is 93.7 Å². The number of nitrogen functional groups attached to an aromatic ring is 1. The number of rotatable bonds is 7. The minimum Gasteiger partial charge on any atom is -0.398 e. The Bertz CT molecular complexity index is 516. The van der Waals surface area contributed by atoms with Crippen molar-refractivity contribution in [1.82, 2.24) is 4.90 Å². The summed E-state index contributed by atoms with van der Waals surface area (Å²) in [6.07, 6.45) is 2.02. The number of nitrogens with zero attached hydrogens (tertiary/aromatic N) is 2. The van der Waals surface area contributed by atoms with Crippen LogP contribution in [0.25, 0.3) is 0 Å². The van der Waals surface area contributed by atoms with Gasteiger partial charge in [-0.25, -0.2) is 0 Å². The molecule has 0 saturated carbocycles. The van der Waals surface area contributed by atoms with E-state index < -0.39 is 0 Å². The maximum atomic E-state index is 11.1. The van der Waals surface area contributed by atoms with Crippen LogP contribution >= 0.6 is 0 Å². The van der Waals surface area contributed by atoms with Crippen molar-refractivity contribution in [3.8, 4) is 0 Å². The van der Waals surface area contributed by atoms with Crippen LogP contribution in [0.1, 0.15) is 18.4 Å². The molecule has 1 aromatic carbocycles. The Balaban J connectivity index is 1.78. The molecule has 1 fully saturated rings. The number of nitro benzene ring substituents is 1. The van der Waals surface area contributed by atoms with Crippen molar-refractivity contribution in [2.24, 2.45) is 0 Å². The quantitative estimate of drug-likeness (QED) is 0.346. The summed E-state index contributed by atoms with van der Waals surface area (Å²) in [7, 11) is 0. The van der Waals surface area contributed by atoms with E-state index in [1.54, 1.807) is 13.0 Å². The minimum absolute atomic E-state index is 0.0832. The number of nitro groups is 1. The van der Waals surface area contributed by atoms with Gasteiger partial charge in [0.2, 0.25) is 0 Å². The molecule has 1 aromatic rings. The van der Waals surface area contributed by atoms with Gasteiger partial charge in [-0.15, -0.1) is 0 Å². The lowest BCUT2D eigenvalue weighted by atomic mass is 10.1. The van der Waals surface area contributed by atoms with Gasteiger partial charge in [-0.3, -0.25) is 15.0 Å². The number of ether oxygens (including phenoxy) is 1. The predicted octanol–water partition coefficient (Wildman–Crippen LogP) is 2.01. The van der Waals surface area contributed by atoms with Gasteiger partial charge >= 0.3 is 0 Å². The molecule has 3 N–H and O–H groups in total. The smallest absolute Gasteiger partial charge is 0.292 e. The largest absolute Gasteiger partial charge is 0.398 e. The van der Waals surface area contributed by atoms with Crippen LogP contribution in [0.4, 0.5) is 17.1 Å². The van der Waals surface area contributed by atoms with Gasteiger partial charge in [0.1, 0.15) is 5.69 Å². The number of aryl methyl sites for hydroxylation is 1. The molecule has 0 spiro atoms. The van der Waals surface area contributed by atoms with Gasteiger partial charge in [-0.1, -0.05) is 0 Å². The third-order valence-corrected chi connectivity index (χ3v) is 3.90. The highest BCUT2D eigenvalue weighted by Crippen LogP contribution is 2.29. The van der Waals surface area contributed by atoms with Crippen molar-refractivity contribution in [3.63, 3.8) is 0 Å². The Morgan fingerprint density at radius 2 is 2.09 bits per heavy atom. The van der Waals surface area contributed by atoms with Crippen molar-refractivity contribution >= 4 is 17.1 Å². The maximum Gasteiger partial charge on any atom is 0.292 e. The Morgan fingerprint density at radius 1 is 1.36 bits per heavy atom. The van der Waals surface area contributed by atoms with Gasteiger partial charge in [-0.05, 0) is 37.9 Å². The van der Waals surface area contributed by atoms with E-state index in [1.165, 1.54) is 6.07 Å². The first kappa shape index (κ1) is 16.5. The summed E-state index contributed by atoms with van der Waals surface area (Å²) in [5.74, 6) is 0. The lowest BCUT2D eigenvalue weighted by molar-refractivity contribution is -0.384. The van der Waals surface area contributed by atoms with Crippen LogP contribution in [0.2, 0.25) is 0 Å². The zero-order valence-corrected chi connectivity index (χ0v) is 13.0. The molecule has 0 aliphatic carbocycles. The van der Waals surface area contributed by atoms with Gasteiger partial charge in [0, 0.05) is 31.4 Å². The van der Waals surface area contributed by atoms with Gasteiger partial charge < -0.3 is 15.8 Å². The minimum atomic E-state index is -0.373. The normalized spacial score (nSPS) is 15.7. The molecule has 0 atom stereocenters. The van der Waals surface area contributed by atoms with E-state index in [9.17, 15) is 10.1 Å². The molecule has 1 aliphatic heterocycles. The van der Waals surface area contributed by atoms with Crippen molar-refractivity contribution in [1.29, 1.82) is 0 Å². The molecule has 7 heteroatoms. The van der Waals surface area contributed by atoms with E-state index in [2.05, 4.69) is 10.2 Å². The molecule has 22 heavy (non-hydrogen) atoms. The first-order chi connectivity index (χ1) is 10.6. The molecule has 7 nitrogen and oxygen atoms in total. The average molecular weight is 308 g/mol. The zero-order valence-electron chi connectivity index (χ0n) is 13.0. The Hall–Kier alpha value is -1.86. The van der Waals surface area contributed by atoms with Crippen LogP contribution < -0.4 is 11.1 Å². The van der Waals surface area contributed by atoms with Crippen LogP contribution in [0.5, 0.6) is 0 Å². The summed E-state index contributed by atoms with van der Waals surface area (Å²) in [6, 6.07) is 3.17. The average Bonchev–Trinajstić information content (AvgIpc) is 2.51. The highest BCUT2D eigenvalue weighted by molar-refractivity contribution is 5.70. The first-order valence-electron chi connectivity index (χ1n) is 7.66. The SMILES string of the molecule is Cc1cc([N+](=O)[O-])c(NCCCCN2CCOCC2)cc1N. The third kappa shape index (κ3) is 4.57. The fourth-order valence-electron chi connectivity index (χ4n) is 2.51. The van der Waals surface area contributed by atoms with Crippen molar-refractivity contribution in [2.45, 2.75) is 19.8 Å². The molecule has 0 aromatic heterocycles. The van der Waals surface area contributed by atoms with E-state index in [1.807, 2.05) is 0 Å². The van der Waals surface area contributed by atoms with Crippen LogP contribution in [-0.2, 0) is 4.74 Å². The van der Waals surface area contributed by atoms with Gasteiger partial charge in [-0.2, -0.15) is 0 Å². The van der Waals surface area contributed by atoms with E-state index in [0.29, 0.717) is 17.9 Å². The highest BCUT2D eigenvalue weighted by atomic mass is 16.6. The van der Waals surface area contributed by atoms with Crippen LogP contribution in [0.3, 0.4) is 0 Å². The lowest BCUT2D eigenvalue weighted by Crippen LogP contribution is -2.36. The molecule has 0 bridgehead atoms. The second kappa shape index (κ2) is 7.95. The summed E-state index contributed by atoms with van der Waals surface area (Å²) < 4.78 is 5.31. The Morgan fingerprint density at radius 3 is 2.77 bits per heavy atom. The highest BCUT2D eigenvalue weighted by Gasteiger charge is 2.15. The number of benzene rings is 1.